The van der Waals surface area contributed by atoms with Crippen molar-refractivity contribution >= 4 is 30.9 Å². The number of ether oxygens (including phenoxy) is 1. The minimum Gasteiger partial charge on any atom is -0.441 e. The Balaban J connectivity index is 0.00000120. The highest BCUT2D eigenvalue weighted by Crippen LogP contribution is 2.34. The molecular weight excluding hydrogens is 415 g/mol. The molecule has 1 N–H and O–H groups in total. The topological polar surface area (TPSA) is 66.8 Å². The average Bonchev–Trinajstić information content (AvgIpc) is 2.94. The van der Waals surface area contributed by atoms with Crippen LogP contribution in [0.4, 0.5) is 4.79 Å². The summed E-state index contributed by atoms with van der Waals surface area (Å²) in [6.07, 6.45) is 2.67. The summed E-state index contributed by atoms with van der Waals surface area (Å²) < 4.78 is 7.67. The van der Waals surface area contributed by atoms with E-state index < -0.39 is 0 Å². The number of amides is 1. The van der Waals surface area contributed by atoms with Crippen LogP contribution >= 0.6 is 24.8 Å². The molecule has 3 fully saturated rings. The SMILES string of the molecule is CN1CC2(CCN(Cc3ccc4n(c3=O)C[C@@H]3CNC[C@H]4C3)CC2)OC1=O.Cl.Cl. The Morgan fingerprint density at radius 1 is 1.17 bits per heavy atom. The smallest absolute Gasteiger partial charge is 0.410 e. The van der Waals surface area contributed by atoms with Gasteiger partial charge in [-0.05, 0) is 24.9 Å². The first-order valence-corrected chi connectivity index (χ1v) is 10.1. The summed E-state index contributed by atoms with van der Waals surface area (Å²) in [5.41, 5.74) is 1.96. The molecule has 4 aliphatic heterocycles. The van der Waals surface area contributed by atoms with E-state index in [-0.39, 0.29) is 42.1 Å². The van der Waals surface area contributed by atoms with Gasteiger partial charge in [-0.25, -0.2) is 4.79 Å². The Morgan fingerprint density at radius 2 is 1.93 bits per heavy atom. The quantitative estimate of drug-likeness (QED) is 0.753. The zero-order valence-corrected chi connectivity index (χ0v) is 18.4. The Kier molecular flexibility index (Phi) is 6.53. The number of pyridine rings is 1. The lowest BCUT2D eigenvalue weighted by Crippen LogP contribution is -2.48. The van der Waals surface area contributed by atoms with Crippen LogP contribution in [-0.2, 0) is 17.8 Å². The fourth-order valence-corrected chi connectivity index (χ4v) is 5.37. The van der Waals surface area contributed by atoms with Crippen LogP contribution in [0, 0.1) is 5.92 Å². The largest absolute Gasteiger partial charge is 0.441 e. The lowest BCUT2D eigenvalue weighted by atomic mass is 9.84. The molecule has 1 spiro atoms. The maximum atomic E-state index is 13.1. The standard InChI is InChI=1S/C20H28N4O3.2ClH/c1-22-13-20(27-19(22)26)4-6-23(7-5-20)12-15-2-3-17-16-8-14(9-21-10-16)11-24(17)18(15)25;;/h2-3,14,16,21H,4-13H2,1H3;2*1H/t14-,16+;;/m0../s1. The number of rotatable bonds is 2. The first-order chi connectivity index (χ1) is 13.0. The number of aromatic nitrogens is 1. The minimum absolute atomic E-state index is 0. The van der Waals surface area contributed by atoms with Gasteiger partial charge in [-0.15, -0.1) is 24.8 Å². The predicted octanol–water partition coefficient (Wildman–Crippen LogP) is 1.82. The van der Waals surface area contributed by atoms with Crippen molar-refractivity contribution in [1.82, 2.24) is 19.7 Å². The van der Waals surface area contributed by atoms with Crippen molar-refractivity contribution < 1.29 is 9.53 Å². The van der Waals surface area contributed by atoms with Crippen LogP contribution in [0.25, 0.3) is 0 Å². The van der Waals surface area contributed by atoms with Crippen molar-refractivity contribution in [3.63, 3.8) is 0 Å². The number of piperidine rings is 2. The number of likely N-dealkylation sites (tertiary alicyclic amines) is 1. The van der Waals surface area contributed by atoms with Crippen LogP contribution in [-0.4, -0.2) is 65.8 Å². The van der Waals surface area contributed by atoms with E-state index in [9.17, 15) is 9.59 Å². The summed E-state index contributed by atoms with van der Waals surface area (Å²) in [6.45, 7) is 5.93. The third-order valence-corrected chi connectivity index (χ3v) is 6.89. The Bertz CT molecular complexity index is 822. The van der Waals surface area contributed by atoms with Gasteiger partial charge in [-0.3, -0.25) is 9.69 Å². The van der Waals surface area contributed by atoms with Crippen molar-refractivity contribution in [2.75, 3.05) is 39.8 Å². The molecule has 2 atom stereocenters. The third-order valence-electron chi connectivity index (χ3n) is 6.89. The molecule has 0 aliphatic carbocycles. The van der Waals surface area contributed by atoms with Gasteiger partial charge in [0.2, 0.25) is 0 Å². The maximum Gasteiger partial charge on any atom is 0.410 e. The van der Waals surface area contributed by atoms with Gasteiger partial charge in [0.1, 0.15) is 5.60 Å². The van der Waals surface area contributed by atoms with Crippen LogP contribution in [0.1, 0.15) is 36.4 Å². The second-order valence-electron chi connectivity index (χ2n) is 8.84. The number of nitrogens with zero attached hydrogens (tertiary/aromatic N) is 3. The lowest BCUT2D eigenvalue weighted by molar-refractivity contribution is -0.00132. The van der Waals surface area contributed by atoms with E-state index in [2.05, 4.69) is 16.3 Å². The summed E-state index contributed by atoms with van der Waals surface area (Å²) in [4.78, 5) is 28.8. The monoisotopic (exact) mass is 444 g/mol. The molecule has 7 nitrogen and oxygen atoms in total. The number of hydrogen-bond acceptors (Lipinski definition) is 5. The Labute approximate surface area is 183 Å². The van der Waals surface area contributed by atoms with E-state index in [1.165, 1.54) is 12.1 Å². The molecule has 0 radical (unpaired) electrons. The molecule has 5 rings (SSSR count). The highest BCUT2D eigenvalue weighted by molar-refractivity contribution is 5.85. The van der Waals surface area contributed by atoms with Crippen molar-refractivity contribution in [3.05, 3.63) is 33.7 Å². The van der Waals surface area contributed by atoms with E-state index in [0.717, 1.165) is 51.1 Å². The van der Waals surface area contributed by atoms with Crippen LogP contribution in [0.5, 0.6) is 0 Å². The lowest BCUT2D eigenvalue weighted by Gasteiger charge is -2.38. The minimum atomic E-state index is -0.322. The summed E-state index contributed by atoms with van der Waals surface area (Å²) in [7, 11) is 1.79. The van der Waals surface area contributed by atoms with Gasteiger partial charge in [-0.1, -0.05) is 6.07 Å². The van der Waals surface area contributed by atoms with Gasteiger partial charge in [0.05, 0.1) is 6.54 Å². The first-order valence-electron chi connectivity index (χ1n) is 10.1. The third kappa shape index (κ3) is 4.02. The summed E-state index contributed by atoms with van der Waals surface area (Å²) >= 11 is 0. The first kappa shape index (κ1) is 22.4. The number of carbonyl (C=O) groups is 1. The molecule has 2 bridgehead atoms. The predicted molar refractivity (Wildman–Crippen MR) is 115 cm³/mol. The van der Waals surface area contributed by atoms with Crippen LogP contribution in [0.3, 0.4) is 0 Å². The molecule has 5 heterocycles. The molecule has 1 amide bonds. The molecule has 1 aromatic rings. The second kappa shape index (κ2) is 8.46. The van der Waals surface area contributed by atoms with Gasteiger partial charge >= 0.3 is 6.09 Å². The van der Waals surface area contributed by atoms with Crippen molar-refractivity contribution in [1.29, 1.82) is 0 Å². The van der Waals surface area contributed by atoms with E-state index >= 15 is 0 Å². The molecule has 162 valence electrons. The zero-order valence-electron chi connectivity index (χ0n) is 16.8. The number of carbonyl (C=O) groups excluding carboxylic acids is 1. The number of nitrogens with one attached hydrogen (secondary N) is 1. The molecule has 4 aliphatic rings. The van der Waals surface area contributed by atoms with E-state index in [0.29, 0.717) is 24.9 Å². The molecular formula is C20H30Cl2N4O3. The molecule has 29 heavy (non-hydrogen) atoms. The fraction of sp³-hybridized carbons (Fsp3) is 0.700. The van der Waals surface area contributed by atoms with Crippen molar-refractivity contribution in [2.24, 2.45) is 5.92 Å². The number of hydrogen-bond donors (Lipinski definition) is 1. The Morgan fingerprint density at radius 3 is 2.62 bits per heavy atom. The number of likely N-dealkylation sites (N-methyl/N-ethyl adjacent to an activating group) is 1. The summed E-state index contributed by atoms with van der Waals surface area (Å²) in [5, 5.41) is 3.49. The van der Waals surface area contributed by atoms with Gasteiger partial charge < -0.3 is 19.5 Å². The average molecular weight is 445 g/mol. The van der Waals surface area contributed by atoms with E-state index in [4.69, 9.17) is 4.74 Å². The van der Waals surface area contributed by atoms with Gasteiger partial charge in [0.25, 0.3) is 5.56 Å². The highest BCUT2D eigenvalue weighted by atomic mass is 35.5. The number of fused-ring (bicyclic) bond motifs is 4. The number of halogens is 2. The van der Waals surface area contributed by atoms with E-state index in [1.54, 1.807) is 11.9 Å². The van der Waals surface area contributed by atoms with Crippen LogP contribution in [0.15, 0.2) is 16.9 Å². The van der Waals surface area contributed by atoms with Gasteiger partial charge in [-0.2, -0.15) is 0 Å². The second-order valence-corrected chi connectivity index (χ2v) is 8.84. The molecule has 3 saturated heterocycles. The molecule has 0 aromatic carbocycles. The summed E-state index contributed by atoms with van der Waals surface area (Å²) in [5.74, 6) is 1.05. The highest BCUT2D eigenvalue weighted by Gasteiger charge is 2.45. The van der Waals surface area contributed by atoms with Crippen LogP contribution < -0.4 is 10.9 Å². The fourth-order valence-electron chi connectivity index (χ4n) is 5.37. The maximum absolute atomic E-state index is 13.1. The van der Waals surface area contributed by atoms with Gasteiger partial charge in [0.15, 0.2) is 0 Å². The molecule has 1 aromatic heterocycles. The molecule has 0 saturated carbocycles. The normalized spacial score (nSPS) is 27.6. The molecule has 9 heteroatoms. The van der Waals surface area contributed by atoms with Crippen molar-refractivity contribution in [3.8, 4) is 0 Å². The van der Waals surface area contributed by atoms with E-state index in [1.807, 2.05) is 10.6 Å². The van der Waals surface area contributed by atoms with Crippen LogP contribution in [0.2, 0.25) is 0 Å². The van der Waals surface area contributed by atoms with Gasteiger partial charge in [0, 0.05) is 69.8 Å². The Hall–Kier alpha value is -1.28. The van der Waals surface area contributed by atoms with Crippen molar-refractivity contribution in [2.45, 2.75) is 43.9 Å². The zero-order chi connectivity index (χ0) is 18.6. The molecule has 0 unspecified atom stereocenters. The summed E-state index contributed by atoms with van der Waals surface area (Å²) in [6, 6.07) is 4.21.